The lowest BCUT2D eigenvalue weighted by Gasteiger charge is -2.02. The molecule has 0 atom stereocenters. The number of hydrogen-bond acceptors (Lipinski definition) is 2. The molecule has 17 heavy (non-hydrogen) atoms. The van der Waals surface area contributed by atoms with E-state index in [1.807, 2.05) is 24.4 Å². The molecule has 0 radical (unpaired) electrons. The fraction of sp³-hybridized carbons (Fsp3) is 0.143. The standard InChI is InChI=1S/C14H16N2Si/c1-3-11(2)17-12-7-8-14(16-10-12)13-6-4-5-9-15-13/h3-10H,17H2,1-2H3/b11-3+. The molecule has 3 heteroatoms. The molecule has 2 rings (SSSR count). The molecule has 0 unspecified atom stereocenters. The SMILES string of the molecule is C/C=C(\C)[SiH2]c1ccc(-c2ccccn2)nc1. The molecule has 0 amide bonds. The molecule has 2 heterocycles. The van der Waals surface area contributed by atoms with Gasteiger partial charge in [-0.2, -0.15) is 0 Å². The minimum Gasteiger partial charge on any atom is -0.255 e. The van der Waals surface area contributed by atoms with E-state index < -0.39 is 0 Å². The van der Waals surface area contributed by atoms with Crippen LogP contribution >= 0.6 is 0 Å². The molecule has 0 N–H and O–H groups in total. The molecule has 2 aromatic heterocycles. The zero-order chi connectivity index (χ0) is 12.1. The number of allylic oxidation sites excluding steroid dienone is 2. The maximum atomic E-state index is 4.48. The molecular weight excluding hydrogens is 224 g/mol. The van der Waals surface area contributed by atoms with Crippen molar-refractivity contribution in [2.75, 3.05) is 0 Å². The van der Waals surface area contributed by atoms with E-state index in [1.165, 1.54) is 10.4 Å². The fourth-order valence-electron chi connectivity index (χ4n) is 1.62. The molecule has 2 aromatic rings. The zero-order valence-electron chi connectivity index (χ0n) is 10.2. The third-order valence-electron chi connectivity index (χ3n) is 2.73. The smallest absolute Gasteiger partial charge is 0.0886 e. The second-order valence-electron chi connectivity index (χ2n) is 4.08. The van der Waals surface area contributed by atoms with Crippen LogP contribution in [0.3, 0.4) is 0 Å². The van der Waals surface area contributed by atoms with Crippen molar-refractivity contribution < 1.29 is 0 Å². The Kier molecular flexibility index (Phi) is 3.83. The highest BCUT2D eigenvalue weighted by atomic mass is 28.2. The van der Waals surface area contributed by atoms with Gasteiger partial charge in [0.2, 0.25) is 0 Å². The van der Waals surface area contributed by atoms with Crippen LogP contribution < -0.4 is 5.19 Å². The first-order chi connectivity index (χ1) is 8.29. The number of hydrogen-bond donors (Lipinski definition) is 0. The van der Waals surface area contributed by atoms with Crippen molar-refractivity contribution >= 4 is 14.7 Å². The summed E-state index contributed by atoms with van der Waals surface area (Å²) >= 11 is 0. The molecule has 0 aliphatic carbocycles. The van der Waals surface area contributed by atoms with E-state index in [2.05, 4.69) is 42.0 Å². The summed E-state index contributed by atoms with van der Waals surface area (Å²) in [5.41, 5.74) is 1.88. The quantitative estimate of drug-likeness (QED) is 0.765. The highest BCUT2D eigenvalue weighted by Crippen LogP contribution is 2.10. The van der Waals surface area contributed by atoms with Gasteiger partial charge in [-0.3, -0.25) is 9.97 Å². The minimum atomic E-state index is -0.305. The van der Waals surface area contributed by atoms with E-state index in [0.29, 0.717) is 0 Å². The van der Waals surface area contributed by atoms with Crippen LogP contribution in [0.5, 0.6) is 0 Å². The van der Waals surface area contributed by atoms with Gasteiger partial charge in [0.15, 0.2) is 0 Å². The molecule has 0 bridgehead atoms. The summed E-state index contributed by atoms with van der Waals surface area (Å²) in [6, 6.07) is 10.1. The van der Waals surface area contributed by atoms with E-state index >= 15 is 0 Å². The third-order valence-corrected chi connectivity index (χ3v) is 4.52. The Bertz CT molecular complexity index is 504. The van der Waals surface area contributed by atoms with E-state index in [9.17, 15) is 0 Å². The summed E-state index contributed by atoms with van der Waals surface area (Å²) < 4.78 is 0. The van der Waals surface area contributed by atoms with E-state index in [4.69, 9.17) is 0 Å². The Morgan fingerprint density at radius 2 is 1.94 bits per heavy atom. The van der Waals surface area contributed by atoms with Crippen molar-refractivity contribution in [2.24, 2.45) is 0 Å². The predicted molar refractivity (Wildman–Crippen MR) is 75.1 cm³/mol. The molecule has 0 aliphatic rings. The second kappa shape index (κ2) is 5.55. The summed E-state index contributed by atoms with van der Waals surface area (Å²) in [6.07, 6.45) is 5.98. The summed E-state index contributed by atoms with van der Waals surface area (Å²) in [4.78, 5) is 8.77. The van der Waals surface area contributed by atoms with Crippen LogP contribution in [-0.2, 0) is 0 Å². The molecule has 0 spiro atoms. The van der Waals surface area contributed by atoms with Gasteiger partial charge in [0.05, 0.1) is 20.9 Å². The molecular formula is C14H16N2Si. The average Bonchev–Trinajstić information content (AvgIpc) is 2.40. The van der Waals surface area contributed by atoms with Crippen molar-refractivity contribution in [1.29, 1.82) is 0 Å². The summed E-state index contributed by atoms with van der Waals surface area (Å²) in [5, 5.41) is 2.87. The van der Waals surface area contributed by atoms with Crippen LogP contribution in [0.2, 0.25) is 0 Å². The second-order valence-corrected chi connectivity index (χ2v) is 6.36. The maximum absolute atomic E-state index is 4.48. The summed E-state index contributed by atoms with van der Waals surface area (Å²) in [6.45, 7) is 4.29. The van der Waals surface area contributed by atoms with Crippen molar-refractivity contribution in [1.82, 2.24) is 9.97 Å². The van der Waals surface area contributed by atoms with Gasteiger partial charge in [-0.1, -0.05) is 23.4 Å². The normalized spacial score (nSPS) is 12.2. The molecule has 86 valence electrons. The Labute approximate surface area is 104 Å². The van der Waals surface area contributed by atoms with Crippen molar-refractivity contribution in [2.45, 2.75) is 13.8 Å². The van der Waals surface area contributed by atoms with Gasteiger partial charge >= 0.3 is 0 Å². The first kappa shape index (κ1) is 11.7. The molecule has 0 aliphatic heterocycles. The van der Waals surface area contributed by atoms with E-state index in [1.54, 1.807) is 6.20 Å². The van der Waals surface area contributed by atoms with E-state index in [-0.39, 0.29) is 9.52 Å². The lowest BCUT2D eigenvalue weighted by molar-refractivity contribution is 1.25. The summed E-state index contributed by atoms with van der Waals surface area (Å²) in [7, 11) is -0.305. The Hall–Kier alpha value is -1.74. The van der Waals surface area contributed by atoms with Gasteiger partial charge in [-0.05, 0) is 37.2 Å². The predicted octanol–water partition coefficient (Wildman–Crippen LogP) is 1.86. The Morgan fingerprint density at radius 1 is 1.12 bits per heavy atom. The summed E-state index contributed by atoms with van der Waals surface area (Å²) in [5.74, 6) is 0. The molecule has 2 nitrogen and oxygen atoms in total. The molecule has 0 saturated heterocycles. The topological polar surface area (TPSA) is 25.8 Å². The van der Waals surface area contributed by atoms with Gasteiger partial charge in [0.25, 0.3) is 0 Å². The first-order valence-corrected chi connectivity index (χ1v) is 7.19. The van der Waals surface area contributed by atoms with Gasteiger partial charge in [-0.25, -0.2) is 0 Å². The van der Waals surface area contributed by atoms with Crippen LogP contribution in [0.4, 0.5) is 0 Å². The van der Waals surface area contributed by atoms with Crippen LogP contribution in [0.15, 0.2) is 54.0 Å². The average molecular weight is 240 g/mol. The number of pyridine rings is 2. The van der Waals surface area contributed by atoms with Crippen LogP contribution in [0.25, 0.3) is 11.4 Å². The van der Waals surface area contributed by atoms with Crippen molar-refractivity contribution in [3.8, 4) is 11.4 Å². The zero-order valence-corrected chi connectivity index (χ0v) is 11.6. The third kappa shape index (κ3) is 3.11. The molecule has 0 fully saturated rings. The number of aromatic nitrogens is 2. The number of nitrogens with zero attached hydrogens (tertiary/aromatic N) is 2. The van der Waals surface area contributed by atoms with Crippen LogP contribution in [0.1, 0.15) is 13.8 Å². The Morgan fingerprint density at radius 3 is 2.53 bits per heavy atom. The van der Waals surface area contributed by atoms with Gasteiger partial charge < -0.3 is 0 Å². The number of rotatable bonds is 3. The minimum absolute atomic E-state index is 0.305. The first-order valence-electron chi connectivity index (χ1n) is 5.77. The highest BCUT2D eigenvalue weighted by molar-refractivity contribution is 6.60. The van der Waals surface area contributed by atoms with Gasteiger partial charge in [-0.15, -0.1) is 0 Å². The van der Waals surface area contributed by atoms with Crippen molar-refractivity contribution in [3.05, 3.63) is 54.0 Å². The lowest BCUT2D eigenvalue weighted by Crippen LogP contribution is -2.15. The monoisotopic (exact) mass is 240 g/mol. The highest BCUT2D eigenvalue weighted by Gasteiger charge is 2.00. The maximum Gasteiger partial charge on any atom is 0.0886 e. The van der Waals surface area contributed by atoms with E-state index in [0.717, 1.165) is 11.4 Å². The molecule has 0 aromatic carbocycles. The van der Waals surface area contributed by atoms with Crippen molar-refractivity contribution in [3.63, 3.8) is 0 Å². The van der Waals surface area contributed by atoms with Gasteiger partial charge in [0, 0.05) is 12.4 Å². The lowest BCUT2D eigenvalue weighted by atomic mass is 10.2. The molecule has 0 saturated carbocycles. The fourth-order valence-corrected chi connectivity index (χ4v) is 2.89. The Balaban J connectivity index is 2.19. The van der Waals surface area contributed by atoms with Crippen LogP contribution in [0, 0.1) is 0 Å². The van der Waals surface area contributed by atoms with Gasteiger partial charge in [0.1, 0.15) is 0 Å². The largest absolute Gasteiger partial charge is 0.255 e. The van der Waals surface area contributed by atoms with Crippen LogP contribution in [-0.4, -0.2) is 19.5 Å².